The summed E-state index contributed by atoms with van der Waals surface area (Å²) in [7, 11) is 0. The van der Waals surface area contributed by atoms with E-state index < -0.39 is 0 Å². The highest BCUT2D eigenvalue weighted by Crippen LogP contribution is 2.28. The van der Waals surface area contributed by atoms with Crippen molar-refractivity contribution in [3.8, 4) is 0 Å². The Morgan fingerprint density at radius 1 is 0.850 bits per heavy atom. The Hall–Kier alpha value is -0.120. The van der Waals surface area contributed by atoms with Crippen LogP contribution in [-0.4, -0.2) is 60.6 Å². The van der Waals surface area contributed by atoms with Crippen LogP contribution in [-0.2, 0) is 0 Å². The summed E-state index contributed by atoms with van der Waals surface area (Å²) >= 11 is 0. The third kappa shape index (κ3) is 3.55. The van der Waals surface area contributed by atoms with E-state index in [4.69, 9.17) is 0 Å². The first kappa shape index (κ1) is 14.8. The number of piperidine rings is 1. The van der Waals surface area contributed by atoms with Crippen LogP contribution < -0.4 is 5.32 Å². The molecule has 3 atom stereocenters. The summed E-state index contributed by atoms with van der Waals surface area (Å²) in [6.45, 7) is 8.81. The van der Waals surface area contributed by atoms with E-state index in [1.54, 1.807) is 0 Å². The molecule has 2 heterocycles. The van der Waals surface area contributed by atoms with E-state index in [1.165, 1.54) is 77.5 Å². The van der Waals surface area contributed by atoms with Gasteiger partial charge in [0.1, 0.15) is 0 Å². The van der Waals surface area contributed by atoms with Gasteiger partial charge < -0.3 is 5.32 Å². The minimum atomic E-state index is 0.785. The molecule has 0 spiro atoms. The molecule has 116 valence electrons. The molecule has 1 saturated carbocycles. The number of hydrogen-bond donors (Lipinski definition) is 1. The minimum Gasteiger partial charge on any atom is -0.314 e. The van der Waals surface area contributed by atoms with Crippen LogP contribution >= 0.6 is 0 Å². The molecule has 3 aliphatic rings. The number of likely N-dealkylation sites (tertiary alicyclic amines) is 2. The van der Waals surface area contributed by atoms with Crippen LogP contribution in [0.25, 0.3) is 0 Å². The van der Waals surface area contributed by atoms with Gasteiger partial charge in [0, 0.05) is 31.2 Å². The predicted octanol–water partition coefficient (Wildman–Crippen LogP) is 2.47. The maximum atomic E-state index is 3.68. The Labute approximate surface area is 125 Å². The molecule has 3 unspecified atom stereocenters. The highest BCUT2D eigenvalue weighted by Gasteiger charge is 2.34. The van der Waals surface area contributed by atoms with Crippen LogP contribution in [0.5, 0.6) is 0 Å². The smallest absolute Gasteiger partial charge is 0.0235 e. The fourth-order valence-electron chi connectivity index (χ4n) is 4.65. The van der Waals surface area contributed by atoms with Gasteiger partial charge in [-0.1, -0.05) is 19.8 Å². The zero-order valence-electron chi connectivity index (χ0n) is 13.3. The molecule has 0 aromatic carbocycles. The number of nitrogens with zero attached hydrogens (tertiary/aromatic N) is 2. The Bertz CT molecular complexity index is 286. The van der Waals surface area contributed by atoms with Crippen molar-refractivity contribution in [3.63, 3.8) is 0 Å². The lowest BCUT2D eigenvalue weighted by molar-refractivity contribution is 0.132. The first-order valence-corrected chi connectivity index (χ1v) is 9.08. The maximum Gasteiger partial charge on any atom is 0.0235 e. The summed E-state index contributed by atoms with van der Waals surface area (Å²) in [5, 5.41) is 3.68. The van der Waals surface area contributed by atoms with Crippen molar-refractivity contribution >= 4 is 0 Å². The van der Waals surface area contributed by atoms with Crippen LogP contribution in [0.2, 0.25) is 0 Å². The fourth-order valence-corrected chi connectivity index (χ4v) is 4.65. The average Bonchev–Trinajstić information content (AvgIpc) is 2.99. The summed E-state index contributed by atoms with van der Waals surface area (Å²) in [6.07, 6.45) is 11.4. The van der Waals surface area contributed by atoms with E-state index in [-0.39, 0.29) is 0 Å². The number of nitrogens with one attached hydrogen (secondary N) is 1. The van der Waals surface area contributed by atoms with Crippen molar-refractivity contribution in [1.29, 1.82) is 0 Å². The summed E-state index contributed by atoms with van der Waals surface area (Å²) in [4.78, 5) is 5.61. The first-order valence-electron chi connectivity index (χ1n) is 9.08. The van der Waals surface area contributed by atoms with Crippen LogP contribution in [0.15, 0.2) is 0 Å². The molecule has 3 rings (SSSR count). The van der Waals surface area contributed by atoms with Gasteiger partial charge in [0.15, 0.2) is 0 Å². The molecule has 0 bridgehead atoms. The van der Waals surface area contributed by atoms with Crippen LogP contribution in [0, 0.1) is 0 Å². The summed E-state index contributed by atoms with van der Waals surface area (Å²) < 4.78 is 0. The zero-order valence-corrected chi connectivity index (χ0v) is 13.3. The van der Waals surface area contributed by atoms with Gasteiger partial charge in [-0.15, -0.1) is 0 Å². The second kappa shape index (κ2) is 7.24. The van der Waals surface area contributed by atoms with Crippen LogP contribution in [0.1, 0.15) is 58.3 Å². The molecule has 0 amide bonds. The minimum absolute atomic E-state index is 0.785. The van der Waals surface area contributed by atoms with Crippen molar-refractivity contribution < 1.29 is 0 Å². The second-order valence-corrected chi connectivity index (χ2v) is 7.11. The van der Waals surface area contributed by atoms with Gasteiger partial charge in [-0.25, -0.2) is 0 Å². The Morgan fingerprint density at radius 2 is 1.70 bits per heavy atom. The molecule has 3 nitrogen and oxygen atoms in total. The molecule has 0 aromatic heterocycles. The lowest BCUT2D eigenvalue weighted by Gasteiger charge is -2.37. The molecule has 2 saturated heterocycles. The van der Waals surface area contributed by atoms with E-state index in [0.29, 0.717) is 0 Å². The quantitative estimate of drug-likeness (QED) is 0.853. The molecule has 2 aliphatic heterocycles. The van der Waals surface area contributed by atoms with Crippen molar-refractivity contribution in [1.82, 2.24) is 15.1 Å². The van der Waals surface area contributed by atoms with E-state index in [2.05, 4.69) is 22.0 Å². The van der Waals surface area contributed by atoms with Crippen molar-refractivity contribution in [2.45, 2.75) is 76.4 Å². The van der Waals surface area contributed by atoms with E-state index >= 15 is 0 Å². The third-order valence-electron chi connectivity index (χ3n) is 5.76. The van der Waals surface area contributed by atoms with Crippen molar-refractivity contribution in [2.75, 3.05) is 32.7 Å². The van der Waals surface area contributed by atoms with Crippen LogP contribution in [0.4, 0.5) is 0 Å². The Morgan fingerprint density at radius 3 is 2.50 bits per heavy atom. The normalized spacial score (nSPS) is 37.4. The van der Waals surface area contributed by atoms with Gasteiger partial charge in [0.2, 0.25) is 0 Å². The summed E-state index contributed by atoms with van der Waals surface area (Å²) in [5.74, 6) is 0. The fraction of sp³-hybridized carbons (Fsp3) is 1.00. The maximum absolute atomic E-state index is 3.68. The lowest BCUT2D eigenvalue weighted by Crippen LogP contribution is -2.46. The van der Waals surface area contributed by atoms with Crippen molar-refractivity contribution in [2.24, 2.45) is 0 Å². The molecular weight excluding hydrogens is 246 g/mol. The van der Waals surface area contributed by atoms with Crippen molar-refractivity contribution in [3.05, 3.63) is 0 Å². The van der Waals surface area contributed by atoms with Gasteiger partial charge in [0.05, 0.1) is 0 Å². The SMILES string of the molecule is CCNC1CCCC(N2CCC(N3CCCCC3)C2)C1. The standard InChI is InChI=1S/C17H33N3/c1-2-18-15-7-6-8-16(13-15)20-12-9-17(14-20)19-10-4-3-5-11-19/h15-18H,2-14H2,1H3. The third-order valence-corrected chi connectivity index (χ3v) is 5.76. The molecule has 3 fully saturated rings. The average molecular weight is 279 g/mol. The highest BCUT2D eigenvalue weighted by atomic mass is 15.3. The molecule has 3 heteroatoms. The molecule has 0 radical (unpaired) electrons. The van der Waals surface area contributed by atoms with Gasteiger partial charge in [-0.3, -0.25) is 9.80 Å². The largest absolute Gasteiger partial charge is 0.314 e. The van der Waals surface area contributed by atoms with Crippen LogP contribution in [0.3, 0.4) is 0 Å². The molecule has 1 N–H and O–H groups in total. The predicted molar refractivity (Wildman–Crippen MR) is 85.1 cm³/mol. The monoisotopic (exact) mass is 279 g/mol. The number of rotatable bonds is 4. The van der Waals surface area contributed by atoms with Gasteiger partial charge in [-0.05, 0) is 58.2 Å². The lowest BCUT2D eigenvalue weighted by atomic mass is 9.90. The zero-order chi connectivity index (χ0) is 13.8. The first-order chi connectivity index (χ1) is 9.86. The van der Waals surface area contributed by atoms with E-state index in [1.807, 2.05) is 0 Å². The second-order valence-electron chi connectivity index (χ2n) is 7.11. The van der Waals surface area contributed by atoms with Gasteiger partial charge in [-0.2, -0.15) is 0 Å². The summed E-state index contributed by atoms with van der Waals surface area (Å²) in [6, 6.07) is 2.52. The molecule has 1 aliphatic carbocycles. The van der Waals surface area contributed by atoms with E-state index in [0.717, 1.165) is 24.7 Å². The molecule has 20 heavy (non-hydrogen) atoms. The summed E-state index contributed by atoms with van der Waals surface area (Å²) in [5.41, 5.74) is 0. The van der Waals surface area contributed by atoms with Gasteiger partial charge in [0.25, 0.3) is 0 Å². The van der Waals surface area contributed by atoms with Gasteiger partial charge >= 0.3 is 0 Å². The number of hydrogen-bond acceptors (Lipinski definition) is 3. The molecule has 0 aromatic rings. The Balaban J connectivity index is 1.48. The topological polar surface area (TPSA) is 18.5 Å². The highest BCUT2D eigenvalue weighted by molar-refractivity contribution is 4.91. The Kier molecular flexibility index (Phi) is 5.36. The van der Waals surface area contributed by atoms with E-state index in [9.17, 15) is 0 Å². The molecular formula is C17H33N3.